The Bertz CT molecular complexity index is 543. The molecule has 0 unspecified atom stereocenters. The predicted molar refractivity (Wildman–Crippen MR) is 95.1 cm³/mol. The molecule has 1 atom stereocenters. The number of carbonyl (C=O) groups excluding carboxylic acids is 1. The third kappa shape index (κ3) is 4.48. The van der Waals surface area contributed by atoms with E-state index < -0.39 is 0 Å². The van der Waals surface area contributed by atoms with Crippen LogP contribution in [-0.2, 0) is 11.2 Å². The van der Waals surface area contributed by atoms with Crippen molar-refractivity contribution in [1.29, 1.82) is 0 Å². The summed E-state index contributed by atoms with van der Waals surface area (Å²) in [5, 5.41) is 0. The zero-order valence-electron chi connectivity index (χ0n) is 14.5. The van der Waals surface area contributed by atoms with Crippen LogP contribution in [0.1, 0.15) is 31.2 Å². The second-order valence-corrected chi connectivity index (χ2v) is 6.84. The van der Waals surface area contributed by atoms with Gasteiger partial charge in [-0.15, -0.1) is 0 Å². The van der Waals surface area contributed by atoms with Crippen molar-refractivity contribution in [1.82, 2.24) is 9.80 Å². The minimum absolute atomic E-state index is 0.227. The molecule has 0 radical (unpaired) electrons. The molecule has 1 aromatic rings. The van der Waals surface area contributed by atoms with E-state index in [1.165, 1.54) is 32.4 Å². The molecule has 3 rings (SSSR count). The number of benzene rings is 1. The summed E-state index contributed by atoms with van der Waals surface area (Å²) in [6.07, 6.45) is 5.53. The Balaban J connectivity index is 1.52. The highest BCUT2D eigenvalue weighted by Crippen LogP contribution is 2.21. The van der Waals surface area contributed by atoms with Gasteiger partial charge in [-0.2, -0.15) is 0 Å². The average molecular weight is 331 g/mol. The second kappa shape index (κ2) is 8.49. The molecule has 1 aromatic carbocycles. The third-order valence-electron chi connectivity index (χ3n) is 5.06. The summed E-state index contributed by atoms with van der Waals surface area (Å²) in [5.74, 6) is 1.02. The Hall–Kier alpha value is -1.59. The lowest BCUT2D eigenvalue weighted by Crippen LogP contribution is -2.41. The zero-order chi connectivity index (χ0) is 16.8. The van der Waals surface area contributed by atoms with Crippen LogP contribution in [0.15, 0.2) is 24.3 Å². The van der Waals surface area contributed by atoms with E-state index >= 15 is 0 Å². The predicted octanol–water partition coefficient (Wildman–Crippen LogP) is 1.65. The highest BCUT2D eigenvalue weighted by atomic mass is 16.5. The number of ether oxygens (including phenoxy) is 1. The van der Waals surface area contributed by atoms with Gasteiger partial charge in [0.1, 0.15) is 12.4 Å². The fourth-order valence-corrected chi connectivity index (χ4v) is 3.76. The van der Waals surface area contributed by atoms with Gasteiger partial charge in [-0.05, 0) is 50.0 Å². The summed E-state index contributed by atoms with van der Waals surface area (Å²) in [6.45, 7) is 5.18. The van der Waals surface area contributed by atoms with Gasteiger partial charge in [0.2, 0.25) is 5.91 Å². The molecule has 2 saturated heterocycles. The van der Waals surface area contributed by atoms with Crippen LogP contribution in [0.25, 0.3) is 0 Å². The van der Waals surface area contributed by atoms with Crippen LogP contribution in [0.2, 0.25) is 0 Å². The molecule has 0 saturated carbocycles. The van der Waals surface area contributed by atoms with E-state index in [0.717, 1.165) is 30.8 Å². The lowest BCUT2D eigenvalue weighted by molar-refractivity contribution is -0.129. The van der Waals surface area contributed by atoms with E-state index in [-0.39, 0.29) is 5.91 Å². The van der Waals surface area contributed by atoms with Crippen LogP contribution in [-0.4, -0.2) is 61.1 Å². The summed E-state index contributed by atoms with van der Waals surface area (Å²) in [7, 11) is 0. The quantitative estimate of drug-likeness (QED) is 0.861. The number of rotatable bonds is 6. The van der Waals surface area contributed by atoms with Crippen molar-refractivity contribution in [2.75, 3.05) is 39.3 Å². The fraction of sp³-hybridized carbons (Fsp3) is 0.632. The van der Waals surface area contributed by atoms with Crippen molar-refractivity contribution in [3.63, 3.8) is 0 Å². The topological polar surface area (TPSA) is 58.8 Å². The summed E-state index contributed by atoms with van der Waals surface area (Å²) in [6, 6.07) is 8.35. The Morgan fingerprint density at radius 1 is 1.21 bits per heavy atom. The van der Waals surface area contributed by atoms with Crippen molar-refractivity contribution in [3.05, 3.63) is 29.8 Å². The van der Waals surface area contributed by atoms with Gasteiger partial charge in [-0.1, -0.05) is 18.6 Å². The molecule has 132 valence electrons. The molecule has 0 bridgehead atoms. The zero-order valence-corrected chi connectivity index (χ0v) is 14.5. The number of piperidine rings is 1. The number of likely N-dealkylation sites (tertiary alicyclic amines) is 2. The number of carbonyl (C=O) groups is 1. The average Bonchev–Trinajstić information content (AvgIpc) is 3.11. The van der Waals surface area contributed by atoms with Gasteiger partial charge in [-0.25, -0.2) is 0 Å². The van der Waals surface area contributed by atoms with Crippen LogP contribution in [0.3, 0.4) is 0 Å². The first-order valence-corrected chi connectivity index (χ1v) is 9.20. The van der Waals surface area contributed by atoms with Crippen molar-refractivity contribution >= 4 is 5.91 Å². The van der Waals surface area contributed by atoms with Gasteiger partial charge in [0.15, 0.2) is 0 Å². The molecule has 2 aliphatic rings. The summed E-state index contributed by atoms with van der Waals surface area (Å²) < 4.78 is 5.54. The molecule has 0 spiro atoms. The maximum absolute atomic E-state index is 12.6. The maximum Gasteiger partial charge on any atom is 0.227 e. The summed E-state index contributed by atoms with van der Waals surface area (Å²) in [5.41, 5.74) is 6.47. The summed E-state index contributed by atoms with van der Waals surface area (Å²) in [4.78, 5) is 17.2. The molecule has 2 fully saturated rings. The first-order chi connectivity index (χ1) is 11.8. The normalized spacial score (nSPS) is 21.9. The Morgan fingerprint density at radius 2 is 2.04 bits per heavy atom. The number of hydrogen-bond donors (Lipinski definition) is 1. The van der Waals surface area contributed by atoms with Gasteiger partial charge in [0, 0.05) is 25.7 Å². The Morgan fingerprint density at radius 3 is 2.83 bits per heavy atom. The lowest BCUT2D eigenvalue weighted by atomic mass is 10.1. The molecule has 2 heterocycles. The highest BCUT2D eigenvalue weighted by molar-refractivity contribution is 5.79. The van der Waals surface area contributed by atoms with Crippen LogP contribution in [0.5, 0.6) is 5.75 Å². The van der Waals surface area contributed by atoms with E-state index in [2.05, 4.69) is 4.90 Å². The molecule has 5 heteroatoms. The van der Waals surface area contributed by atoms with E-state index in [1.807, 2.05) is 29.2 Å². The molecule has 5 nitrogen and oxygen atoms in total. The van der Waals surface area contributed by atoms with Crippen LogP contribution >= 0.6 is 0 Å². The molecule has 0 aliphatic carbocycles. The third-order valence-corrected chi connectivity index (χ3v) is 5.06. The van der Waals surface area contributed by atoms with Gasteiger partial charge >= 0.3 is 0 Å². The lowest BCUT2D eigenvalue weighted by Gasteiger charge is -2.32. The first kappa shape index (κ1) is 17.2. The Kier molecular flexibility index (Phi) is 6.10. The van der Waals surface area contributed by atoms with Crippen LogP contribution < -0.4 is 10.5 Å². The molecular formula is C19H29N3O2. The highest BCUT2D eigenvalue weighted by Gasteiger charge is 2.30. The van der Waals surface area contributed by atoms with Crippen LogP contribution in [0.4, 0.5) is 0 Å². The minimum atomic E-state index is 0.227. The number of amides is 1. The van der Waals surface area contributed by atoms with Gasteiger partial charge in [0.05, 0.1) is 6.42 Å². The number of nitrogens with two attached hydrogens (primary N) is 1. The minimum Gasteiger partial charge on any atom is -0.492 e. The monoisotopic (exact) mass is 331 g/mol. The molecule has 24 heavy (non-hydrogen) atoms. The summed E-state index contributed by atoms with van der Waals surface area (Å²) >= 11 is 0. The van der Waals surface area contributed by atoms with Gasteiger partial charge in [0.25, 0.3) is 0 Å². The second-order valence-electron chi connectivity index (χ2n) is 6.84. The fourth-order valence-electron chi connectivity index (χ4n) is 3.76. The maximum atomic E-state index is 12.6. The standard InChI is InChI=1S/C19H29N3O2/c20-8-12-24-18-6-4-5-16(13-18)14-19(23)22-11-7-17(15-22)21-9-2-1-3-10-21/h4-6,13,17H,1-3,7-12,14-15,20H2/t17-/m0/s1. The van der Waals surface area contributed by atoms with Crippen molar-refractivity contribution in [2.45, 2.75) is 38.1 Å². The molecule has 0 aromatic heterocycles. The van der Waals surface area contributed by atoms with Crippen molar-refractivity contribution < 1.29 is 9.53 Å². The van der Waals surface area contributed by atoms with Gasteiger partial charge in [-0.3, -0.25) is 9.69 Å². The molecule has 2 N–H and O–H groups in total. The smallest absolute Gasteiger partial charge is 0.227 e. The van der Waals surface area contributed by atoms with E-state index in [0.29, 0.717) is 25.6 Å². The SMILES string of the molecule is NCCOc1cccc(CC(=O)N2CC[C@H](N3CCCCC3)C2)c1. The van der Waals surface area contributed by atoms with E-state index in [4.69, 9.17) is 10.5 Å². The molecular weight excluding hydrogens is 302 g/mol. The molecule has 1 amide bonds. The van der Waals surface area contributed by atoms with Crippen LogP contribution in [0, 0.1) is 0 Å². The largest absolute Gasteiger partial charge is 0.492 e. The van der Waals surface area contributed by atoms with Crippen molar-refractivity contribution in [3.8, 4) is 5.75 Å². The number of nitrogens with zero attached hydrogens (tertiary/aromatic N) is 2. The Labute approximate surface area is 144 Å². The van der Waals surface area contributed by atoms with Gasteiger partial charge < -0.3 is 15.4 Å². The first-order valence-electron chi connectivity index (χ1n) is 9.20. The molecule has 2 aliphatic heterocycles. The van der Waals surface area contributed by atoms with Crippen molar-refractivity contribution in [2.24, 2.45) is 5.73 Å². The number of hydrogen-bond acceptors (Lipinski definition) is 4. The van der Waals surface area contributed by atoms with E-state index in [9.17, 15) is 4.79 Å². The van der Waals surface area contributed by atoms with E-state index in [1.54, 1.807) is 0 Å².